The van der Waals surface area contributed by atoms with Crippen molar-refractivity contribution in [2.75, 3.05) is 6.54 Å². The highest BCUT2D eigenvalue weighted by molar-refractivity contribution is 9.10. The molecule has 0 spiro atoms. The number of rotatable bonds is 5. The number of hydrogen-bond donors (Lipinski definition) is 1. The number of nitrogens with zero attached hydrogens (tertiary/aromatic N) is 2. The summed E-state index contributed by atoms with van der Waals surface area (Å²) in [5, 5.41) is 8.69. The fourth-order valence-electron chi connectivity index (χ4n) is 1.70. The van der Waals surface area contributed by atoms with Gasteiger partial charge in [0, 0.05) is 23.3 Å². The largest absolute Gasteiger partial charge is 0.481 e. The SMILES string of the molecule is O=C(O)CCN(C(=O)c1ccc(Br)cn1)C1CC1. The van der Waals surface area contributed by atoms with Gasteiger partial charge in [-0.3, -0.25) is 9.59 Å². The van der Waals surface area contributed by atoms with Gasteiger partial charge in [0.15, 0.2) is 0 Å². The fourth-order valence-corrected chi connectivity index (χ4v) is 1.94. The summed E-state index contributed by atoms with van der Waals surface area (Å²) < 4.78 is 0.808. The van der Waals surface area contributed by atoms with E-state index in [0.717, 1.165) is 17.3 Å². The Labute approximate surface area is 113 Å². The van der Waals surface area contributed by atoms with Gasteiger partial charge in [0.25, 0.3) is 5.91 Å². The molecule has 1 amide bonds. The average molecular weight is 313 g/mol. The van der Waals surface area contributed by atoms with Crippen LogP contribution < -0.4 is 0 Å². The van der Waals surface area contributed by atoms with Gasteiger partial charge >= 0.3 is 5.97 Å². The molecule has 0 saturated heterocycles. The van der Waals surface area contributed by atoms with E-state index in [2.05, 4.69) is 20.9 Å². The summed E-state index contributed by atoms with van der Waals surface area (Å²) in [6.07, 6.45) is 3.43. The number of amides is 1. The highest BCUT2D eigenvalue weighted by Gasteiger charge is 2.33. The molecule has 0 aromatic carbocycles. The average Bonchev–Trinajstić information content (AvgIpc) is 3.14. The Morgan fingerprint density at radius 1 is 1.44 bits per heavy atom. The molecule has 0 bridgehead atoms. The van der Waals surface area contributed by atoms with Crippen molar-refractivity contribution in [3.05, 3.63) is 28.5 Å². The van der Waals surface area contributed by atoms with E-state index in [9.17, 15) is 9.59 Å². The second-order valence-corrected chi connectivity index (χ2v) is 5.15. The molecular weight excluding hydrogens is 300 g/mol. The van der Waals surface area contributed by atoms with Crippen molar-refractivity contribution < 1.29 is 14.7 Å². The normalized spacial score (nSPS) is 14.3. The van der Waals surface area contributed by atoms with E-state index in [1.807, 2.05) is 0 Å². The van der Waals surface area contributed by atoms with Gasteiger partial charge in [-0.05, 0) is 40.9 Å². The molecule has 1 aromatic heterocycles. The highest BCUT2D eigenvalue weighted by atomic mass is 79.9. The maximum Gasteiger partial charge on any atom is 0.305 e. The van der Waals surface area contributed by atoms with Crippen molar-refractivity contribution in [2.45, 2.75) is 25.3 Å². The lowest BCUT2D eigenvalue weighted by molar-refractivity contribution is -0.137. The molecule has 6 heteroatoms. The van der Waals surface area contributed by atoms with Gasteiger partial charge in [-0.2, -0.15) is 0 Å². The van der Waals surface area contributed by atoms with E-state index >= 15 is 0 Å². The summed E-state index contributed by atoms with van der Waals surface area (Å²) in [7, 11) is 0. The highest BCUT2D eigenvalue weighted by Crippen LogP contribution is 2.28. The van der Waals surface area contributed by atoms with Crippen LogP contribution in [0, 0.1) is 0 Å². The van der Waals surface area contributed by atoms with Gasteiger partial charge in [-0.15, -0.1) is 0 Å². The number of pyridine rings is 1. The van der Waals surface area contributed by atoms with E-state index in [-0.39, 0.29) is 24.9 Å². The summed E-state index contributed by atoms with van der Waals surface area (Å²) in [6, 6.07) is 3.58. The smallest absolute Gasteiger partial charge is 0.305 e. The number of carboxylic acids is 1. The lowest BCUT2D eigenvalue weighted by Gasteiger charge is -2.21. The van der Waals surface area contributed by atoms with Gasteiger partial charge in [-0.25, -0.2) is 4.98 Å². The molecule has 0 aliphatic heterocycles. The van der Waals surface area contributed by atoms with E-state index in [1.165, 1.54) is 0 Å². The molecule has 1 aromatic rings. The van der Waals surface area contributed by atoms with E-state index in [0.29, 0.717) is 5.69 Å². The second-order valence-electron chi connectivity index (χ2n) is 4.24. The molecule has 0 radical (unpaired) electrons. The van der Waals surface area contributed by atoms with Crippen molar-refractivity contribution in [1.29, 1.82) is 0 Å². The molecular formula is C12H13BrN2O3. The van der Waals surface area contributed by atoms with Gasteiger partial charge in [0.1, 0.15) is 5.69 Å². The molecule has 18 heavy (non-hydrogen) atoms. The fraction of sp³-hybridized carbons (Fsp3) is 0.417. The minimum Gasteiger partial charge on any atom is -0.481 e. The third-order valence-corrected chi connectivity index (χ3v) is 3.23. The van der Waals surface area contributed by atoms with Crippen LogP contribution in [0.2, 0.25) is 0 Å². The number of halogens is 1. The quantitative estimate of drug-likeness (QED) is 0.901. The molecule has 5 nitrogen and oxygen atoms in total. The predicted molar refractivity (Wildman–Crippen MR) is 68.2 cm³/mol. The molecule has 1 saturated carbocycles. The number of carboxylic acid groups (broad SMARTS) is 1. The Hall–Kier alpha value is -1.43. The molecule has 1 aliphatic rings. The number of hydrogen-bond acceptors (Lipinski definition) is 3. The third kappa shape index (κ3) is 3.29. The first-order valence-electron chi connectivity index (χ1n) is 5.72. The van der Waals surface area contributed by atoms with Crippen molar-refractivity contribution in [1.82, 2.24) is 9.88 Å². The van der Waals surface area contributed by atoms with E-state index < -0.39 is 5.97 Å². The third-order valence-electron chi connectivity index (χ3n) is 2.76. The zero-order valence-electron chi connectivity index (χ0n) is 9.67. The molecule has 1 heterocycles. The summed E-state index contributed by atoms with van der Waals surface area (Å²) >= 11 is 3.26. The summed E-state index contributed by atoms with van der Waals surface area (Å²) in [5.41, 5.74) is 0.357. The minimum atomic E-state index is -0.891. The molecule has 1 N–H and O–H groups in total. The zero-order valence-corrected chi connectivity index (χ0v) is 11.3. The summed E-state index contributed by atoms with van der Waals surface area (Å²) in [5.74, 6) is -1.08. The van der Waals surface area contributed by atoms with Gasteiger partial charge in [0.05, 0.1) is 6.42 Å². The number of aromatic nitrogens is 1. The first-order valence-corrected chi connectivity index (χ1v) is 6.51. The Balaban J connectivity index is 2.07. The van der Waals surface area contributed by atoms with E-state index in [4.69, 9.17) is 5.11 Å². The van der Waals surface area contributed by atoms with Gasteiger partial charge in [-0.1, -0.05) is 0 Å². The molecule has 0 unspecified atom stereocenters. The lowest BCUT2D eigenvalue weighted by Crippen LogP contribution is -2.35. The van der Waals surface area contributed by atoms with Crippen LogP contribution in [-0.4, -0.2) is 39.5 Å². The van der Waals surface area contributed by atoms with Crippen LogP contribution in [0.3, 0.4) is 0 Å². The Morgan fingerprint density at radius 2 is 2.17 bits per heavy atom. The van der Waals surface area contributed by atoms with Crippen LogP contribution in [0.15, 0.2) is 22.8 Å². The van der Waals surface area contributed by atoms with Crippen LogP contribution in [0.5, 0.6) is 0 Å². The summed E-state index contributed by atoms with van der Waals surface area (Å²) in [4.78, 5) is 28.5. The minimum absolute atomic E-state index is 0.0290. The first kappa shape index (κ1) is 13.0. The van der Waals surface area contributed by atoms with E-state index in [1.54, 1.807) is 23.2 Å². The molecule has 96 valence electrons. The standard InChI is InChI=1S/C12H13BrN2O3/c13-8-1-4-10(14-7-8)12(18)15(9-2-3-9)6-5-11(16)17/h1,4,7,9H,2-3,5-6H2,(H,16,17). The van der Waals surface area contributed by atoms with Crippen LogP contribution >= 0.6 is 15.9 Å². The van der Waals surface area contributed by atoms with Gasteiger partial charge < -0.3 is 10.0 Å². The van der Waals surface area contributed by atoms with Gasteiger partial charge in [0.2, 0.25) is 0 Å². The van der Waals surface area contributed by atoms with Crippen molar-refractivity contribution in [3.8, 4) is 0 Å². The number of aliphatic carboxylic acids is 1. The number of carbonyl (C=O) groups is 2. The molecule has 0 atom stereocenters. The number of carbonyl (C=O) groups excluding carboxylic acids is 1. The van der Waals surface area contributed by atoms with Crippen LogP contribution in [0.4, 0.5) is 0 Å². The van der Waals surface area contributed by atoms with Crippen LogP contribution in [0.25, 0.3) is 0 Å². The monoisotopic (exact) mass is 312 g/mol. The molecule has 1 aliphatic carbocycles. The Morgan fingerprint density at radius 3 is 2.67 bits per heavy atom. The molecule has 2 rings (SSSR count). The Bertz CT molecular complexity index is 457. The van der Waals surface area contributed by atoms with Crippen molar-refractivity contribution in [2.24, 2.45) is 0 Å². The topological polar surface area (TPSA) is 70.5 Å². The zero-order chi connectivity index (χ0) is 13.1. The van der Waals surface area contributed by atoms with Crippen LogP contribution in [0.1, 0.15) is 29.8 Å². The van der Waals surface area contributed by atoms with Crippen molar-refractivity contribution in [3.63, 3.8) is 0 Å². The van der Waals surface area contributed by atoms with Crippen LogP contribution in [-0.2, 0) is 4.79 Å². The van der Waals surface area contributed by atoms with Crippen molar-refractivity contribution >= 4 is 27.8 Å². The predicted octanol–water partition coefficient (Wildman–Crippen LogP) is 1.92. The first-order chi connectivity index (χ1) is 8.58. The molecule has 1 fully saturated rings. The maximum absolute atomic E-state index is 12.2. The Kier molecular flexibility index (Phi) is 3.96. The lowest BCUT2D eigenvalue weighted by atomic mass is 10.3. The second kappa shape index (κ2) is 5.48. The maximum atomic E-state index is 12.2. The summed E-state index contributed by atoms with van der Waals surface area (Å²) in [6.45, 7) is 0.247.